The first-order chi connectivity index (χ1) is 9.38. The minimum atomic E-state index is 0.732. The van der Waals surface area contributed by atoms with Gasteiger partial charge in [-0.1, -0.05) is 6.07 Å². The van der Waals surface area contributed by atoms with Gasteiger partial charge in [0.15, 0.2) is 5.96 Å². The maximum absolute atomic E-state index is 5.59. The van der Waals surface area contributed by atoms with Crippen LogP contribution in [0.4, 0.5) is 0 Å². The number of nitrogens with zero attached hydrogens (tertiary/aromatic N) is 1. The molecule has 0 aromatic carbocycles. The van der Waals surface area contributed by atoms with E-state index in [4.69, 9.17) is 4.74 Å². The average molecular weight is 281 g/mol. The van der Waals surface area contributed by atoms with Crippen molar-refractivity contribution in [2.75, 3.05) is 26.3 Å². The summed E-state index contributed by atoms with van der Waals surface area (Å²) >= 11 is 1.74. The van der Waals surface area contributed by atoms with Gasteiger partial charge in [0.05, 0.1) is 13.2 Å². The van der Waals surface area contributed by atoms with Crippen LogP contribution in [-0.4, -0.2) is 32.3 Å². The summed E-state index contributed by atoms with van der Waals surface area (Å²) in [6.45, 7) is 6.16. The maximum Gasteiger partial charge on any atom is 0.191 e. The van der Waals surface area contributed by atoms with Gasteiger partial charge in [0.1, 0.15) is 0 Å². The third-order valence-corrected chi connectivity index (χ3v) is 3.77. The summed E-state index contributed by atoms with van der Waals surface area (Å²) in [6.07, 6.45) is 2.69. The van der Waals surface area contributed by atoms with Gasteiger partial charge < -0.3 is 15.4 Å². The second-order valence-corrected chi connectivity index (χ2v) is 5.75. The van der Waals surface area contributed by atoms with Gasteiger partial charge >= 0.3 is 0 Å². The van der Waals surface area contributed by atoms with Crippen LogP contribution in [0.5, 0.6) is 0 Å². The molecule has 2 rings (SSSR count). The van der Waals surface area contributed by atoms with Crippen LogP contribution in [0.1, 0.15) is 24.6 Å². The van der Waals surface area contributed by atoms with Crippen LogP contribution in [0.3, 0.4) is 0 Å². The van der Waals surface area contributed by atoms with Crippen molar-refractivity contribution in [3.05, 3.63) is 22.4 Å². The van der Waals surface area contributed by atoms with Crippen LogP contribution in [0.15, 0.2) is 22.5 Å². The Balaban J connectivity index is 1.63. The second kappa shape index (κ2) is 8.17. The van der Waals surface area contributed by atoms with E-state index in [-0.39, 0.29) is 0 Å². The van der Waals surface area contributed by atoms with Crippen molar-refractivity contribution in [2.45, 2.75) is 26.3 Å². The Kier molecular flexibility index (Phi) is 6.17. The summed E-state index contributed by atoms with van der Waals surface area (Å²) in [6, 6.07) is 4.16. The molecule has 0 atom stereocenters. The Labute approximate surface area is 119 Å². The zero-order valence-electron chi connectivity index (χ0n) is 11.5. The van der Waals surface area contributed by atoms with Crippen molar-refractivity contribution in [3.8, 4) is 0 Å². The first kappa shape index (κ1) is 14.3. The number of hydrogen-bond donors (Lipinski definition) is 2. The Morgan fingerprint density at radius 1 is 1.47 bits per heavy atom. The van der Waals surface area contributed by atoms with Crippen LogP contribution in [0, 0.1) is 5.92 Å². The number of rotatable bonds is 8. The zero-order chi connectivity index (χ0) is 13.3. The highest BCUT2D eigenvalue weighted by Crippen LogP contribution is 2.28. The van der Waals surface area contributed by atoms with Crippen LogP contribution in [-0.2, 0) is 11.3 Å². The standard InChI is InChI=1S/C14H23N3OS/c1-2-15-14(17-10-13-4-3-9-19-13)16-7-8-18-11-12-5-6-12/h3-4,9,12H,2,5-8,10-11H2,1H3,(H2,15,16,17). The molecule has 0 saturated heterocycles. The summed E-state index contributed by atoms with van der Waals surface area (Å²) in [4.78, 5) is 5.83. The molecule has 0 spiro atoms. The molecular weight excluding hydrogens is 258 g/mol. The molecule has 19 heavy (non-hydrogen) atoms. The molecule has 0 unspecified atom stereocenters. The summed E-state index contributed by atoms with van der Waals surface area (Å²) < 4.78 is 5.59. The number of guanidine groups is 1. The first-order valence-electron chi connectivity index (χ1n) is 7.00. The molecule has 1 aliphatic rings. The van der Waals surface area contributed by atoms with Gasteiger partial charge in [-0.3, -0.25) is 0 Å². The van der Waals surface area contributed by atoms with Crippen LogP contribution in [0.2, 0.25) is 0 Å². The Morgan fingerprint density at radius 3 is 3.05 bits per heavy atom. The van der Waals surface area contributed by atoms with Gasteiger partial charge in [0.2, 0.25) is 0 Å². The van der Waals surface area contributed by atoms with E-state index in [2.05, 4.69) is 40.1 Å². The third kappa shape index (κ3) is 6.07. The van der Waals surface area contributed by atoms with E-state index in [0.717, 1.165) is 44.7 Å². The highest BCUT2D eigenvalue weighted by Gasteiger charge is 2.20. The summed E-state index contributed by atoms with van der Waals surface area (Å²) in [5.41, 5.74) is 0. The number of aliphatic imine (C=N–C) groups is 1. The lowest BCUT2D eigenvalue weighted by Crippen LogP contribution is -2.39. The molecule has 1 aromatic heterocycles. The summed E-state index contributed by atoms with van der Waals surface area (Å²) in [7, 11) is 0. The lowest BCUT2D eigenvalue weighted by molar-refractivity contribution is 0.129. The minimum absolute atomic E-state index is 0.732. The highest BCUT2D eigenvalue weighted by atomic mass is 32.1. The fourth-order valence-corrected chi connectivity index (χ4v) is 2.31. The Morgan fingerprint density at radius 2 is 2.37 bits per heavy atom. The molecule has 1 saturated carbocycles. The summed E-state index contributed by atoms with van der Waals surface area (Å²) in [5, 5.41) is 8.62. The molecule has 0 aliphatic heterocycles. The molecule has 4 nitrogen and oxygen atoms in total. The average Bonchev–Trinajstić information content (AvgIpc) is 3.09. The fourth-order valence-electron chi connectivity index (χ4n) is 1.68. The van der Waals surface area contributed by atoms with Gasteiger partial charge in [0.25, 0.3) is 0 Å². The smallest absolute Gasteiger partial charge is 0.191 e. The largest absolute Gasteiger partial charge is 0.379 e. The van der Waals surface area contributed by atoms with E-state index in [0.29, 0.717) is 0 Å². The number of hydrogen-bond acceptors (Lipinski definition) is 3. The van der Waals surface area contributed by atoms with Gasteiger partial charge in [0, 0.05) is 24.6 Å². The van der Waals surface area contributed by atoms with Crippen LogP contribution in [0.25, 0.3) is 0 Å². The quantitative estimate of drug-likeness (QED) is 0.436. The second-order valence-electron chi connectivity index (χ2n) is 4.72. The number of nitrogens with one attached hydrogen (secondary N) is 2. The molecule has 0 radical (unpaired) electrons. The lowest BCUT2D eigenvalue weighted by atomic mass is 10.5. The normalized spacial score (nSPS) is 15.5. The van der Waals surface area contributed by atoms with Crippen molar-refractivity contribution >= 4 is 17.3 Å². The molecule has 106 valence electrons. The molecule has 0 amide bonds. The van der Waals surface area contributed by atoms with Crippen molar-refractivity contribution in [1.29, 1.82) is 0 Å². The van der Waals surface area contributed by atoms with E-state index >= 15 is 0 Å². The Hall–Kier alpha value is -1.07. The molecule has 5 heteroatoms. The van der Waals surface area contributed by atoms with E-state index in [1.807, 2.05) is 0 Å². The summed E-state index contributed by atoms with van der Waals surface area (Å²) in [5.74, 6) is 1.70. The van der Waals surface area contributed by atoms with Gasteiger partial charge in [-0.25, -0.2) is 4.99 Å². The van der Waals surface area contributed by atoms with E-state index in [9.17, 15) is 0 Å². The van der Waals surface area contributed by atoms with Crippen LogP contribution < -0.4 is 10.6 Å². The molecule has 1 aliphatic carbocycles. The predicted molar refractivity (Wildman–Crippen MR) is 80.7 cm³/mol. The molecule has 2 N–H and O–H groups in total. The first-order valence-corrected chi connectivity index (χ1v) is 7.88. The zero-order valence-corrected chi connectivity index (χ0v) is 12.3. The molecular formula is C14H23N3OS. The van der Waals surface area contributed by atoms with Crippen molar-refractivity contribution < 1.29 is 4.74 Å². The number of thiophene rings is 1. The molecule has 1 heterocycles. The predicted octanol–water partition coefficient (Wildman–Crippen LogP) is 2.23. The minimum Gasteiger partial charge on any atom is -0.379 e. The number of ether oxygens (including phenoxy) is 1. The maximum atomic E-state index is 5.59. The topological polar surface area (TPSA) is 45.7 Å². The Bertz CT molecular complexity index is 374. The van der Waals surface area contributed by atoms with Crippen molar-refractivity contribution in [2.24, 2.45) is 10.9 Å². The van der Waals surface area contributed by atoms with Gasteiger partial charge in [-0.05, 0) is 37.1 Å². The highest BCUT2D eigenvalue weighted by molar-refractivity contribution is 7.09. The van der Waals surface area contributed by atoms with Gasteiger partial charge in [-0.15, -0.1) is 11.3 Å². The SMILES string of the molecule is CCNC(=NCc1cccs1)NCCOCC1CC1. The molecule has 1 aromatic rings. The van der Waals surface area contributed by atoms with E-state index in [1.165, 1.54) is 17.7 Å². The lowest BCUT2D eigenvalue weighted by Gasteiger charge is -2.11. The van der Waals surface area contributed by atoms with E-state index < -0.39 is 0 Å². The van der Waals surface area contributed by atoms with Crippen molar-refractivity contribution in [3.63, 3.8) is 0 Å². The van der Waals surface area contributed by atoms with E-state index in [1.54, 1.807) is 11.3 Å². The van der Waals surface area contributed by atoms with Gasteiger partial charge in [-0.2, -0.15) is 0 Å². The van der Waals surface area contributed by atoms with Crippen molar-refractivity contribution in [1.82, 2.24) is 10.6 Å². The monoisotopic (exact) mass is 281 g/mol. The van der Waals surface area contributed by atoms with Crippen LogP contribution >= 0.6 is 11.3 Å². The molecule has 1 fully saturated rings. The molecule has 0 bridgehead atoms. The third-order valence-electron chi connectivity index (χ3n) is 2.91. The fraction of sp³-hybridized carbons (Fsp3) is 0.643.